The fourth-order valence-electron chi connectivity index (χ4n) is 4.79. The van der Waals surface area contributed by atoms with E-state index in [4.69, 9.17) is 0 Å². The minimum Gasteiger partial charge on any atom is -0.341 e. The van der Waals surface area contributed by atoms with Crippen molar-refractivity contribution in [1.29, 1.82) is 0 Å². The number of benzene rings is 5. The van der Waals surface area contributed by atoms with Gasteiger partial charge in [-0.1, -0.05) is 122 Å². The van der Waals surface area contributed by atoms with E-state index in [9.17, 15) is 0 Å². The van der Waals surface area contributed by atoms with Gasteiger partial charge in [-0.05, 0) is 57.4 Å². The molecule has 1 heterocycles. The summed E-state index contributed by atoms with van der Waals surface area (Å²) >= 11 is 0. The maximum absolute atomic E-state index is 2.44. The van der Waals surface area contributed by atoms with Crippen LogP contribution >= 0.6 is 0 Å². The van der Waals surface area contributed by atoms with Crippen molar-refractivity contribution in [2.24, 2.45) is 0 Å². The van der Waals surface area contributed by atoms with E-state index in [1.54, 1.807) is 0 Å². The Balaban J connectivity index is 0.000000495. The van der Waals surface area contributed by atoms with Gasteiger partial charge < -0.3 is 4.57 Å². The average molecular weight is 466 g/mol. The fourth-order valence-corrected chi connectivity index (χ4v) is 4.79. The molecule has 0 radical (unpaired) electrons. The number of nitrogens with zero attached hydrogens (tertiary/aromatic N) is 1. The number of para-hydroxylation sites is 1. The highest BCUT2D eigenvalue weighted by Gasteiger charge is 2.14. The first-order valence-electron chi connectivity index (χ1n) is 13.6. The van der Waals surface area contributed by atoms with E-state index in [-0.39, 0.29) is 0 Å². The molecule has 35 heavy (non-hydrogen) atoms. The average Bonchev–Trinajstić information content (AvgIpc) is 3.29. The monoisotopic (exact) mass is 465 g/mol. The van der Waals surface area contributed by atoms with Gasteiger partial charge in [-0.3, -0.25) is 0 Å². The Labute approximate surface area is 212 Å². The maximum Gasteiger partial charge on any atom is 0.0497 e. The lowest BCUT2D eigenvalue weighted by Crippen LogP contribution is -1.93. The quantitative estimate of drug-likeness (QED) is 0.213. The SMILES string of the molecule is CC.CC.CC.CC.CCn1c2ccccc2c2cc3c4ccccc4c4ccccc4c3cc21. The summed E-state index contributed by atoms with van der Waals surface area (Å²) in [6.45, 7) is 19.2. The highest BCUT2D eigenvalue weighted by molar-refractivity contribution is 6.28. The zero-order valence-electron chi connectivity index (χ0n) is 23.2. The van der Waals surface area contributed by atoms with Gasteiger partial charge in [0.05, 0.1) is 0 Å². The van der Waals surface area contributed by atoms with Gasteiger partial charge in [0.1, 0.15) is 0 Å². The second kappa shape index (κ2) is 13.5. The molecule has 1 nitrogen and oxygen atoms in total. The van der Waals surface area contributed by atoms with Crippen molar-refractivity contribution < 1.29 is 0 Å². The van der Waals surface area contributed by atoms with Crippen LogP contribution in [0.4, 0.5) is 0 Å². The zero-order chi connectivity index (χ0) is 26.0. The van der Waals surface area contributed by atoms with Crippen LogP contribution in [0.1, 0.15) is 62.3 Å². The van der Waals surface area contributed by atoms with Crippen molar-refractivity contribution in [3.8, 4) is 0 Å². The molecule has 184 valence electrons. The van der Waals surface area contributed by atoms with E-state index in [2.05, 4.69) is 96.4 Å². The predicted octanol–water partition coefficient (Wildman–Crippen LogP) is 11.4. The van der Waals surface area contributed by atoms with Crippen LogP contribution in [0.15, 0.2) is 84.9 Å². The summed E-state index contributed by atoms with van der Waals surface area (Å²) in [6.07, 6.45) is 0. The van der Waals surface area contributed by atoms with E-state index in [1.165, 1.54) is 54.1 Å². The predicted molar refractivity (Wildman–Crippen MR) is 163 cm³/mol. The van der Waals surface area contributed by atoms with Gasteiger partial charge in [-0.15, -0.1) is 0 Å². The molecule has 0 spiro atoms. The summed E-state index contributed by atoms with van der Waals surface area (Å²) in [6, 6.07) is 31.2. The topological polar surface area (TPSA) is 4.93 Å². The van der Waals surface area contributed by atoms with E-state index in [0.717, 1.165) is 6.54 Å². The first-order valence-corrected chi connectivity index (χ1v) is 13.6. The standard InChI is InChI=1S/C26H19N.4C2H6/c1-2-27-25-14-8-7-13-21(25)24-15-22-19-11-5-3-9-17(19)18-10-4-6-12-20(18)23(22)16-26(24)27;4*1-2/h3-16H,2H2,1H3;4*1-2H3. The van der Waals surface area contributed by atoms with Gasteiger partial charge in [-0.25, -0.2) is 0 Å². The molecule has 0 aliphatic heterocycles. The molecule has 5 aromatic carbocycles. The van der Waals surface area contributed by atoms with Crippen molar-refractivity contribution in [1.82, 2.24) is 4.57 Å². The Bertz CT molecular complexity index is 1500. The van der Waals surface area contributed by atoms with Gasteiger partial charge >= 0.3 is 0 Å². The molecule has 0 amide bonds. The molecule has 0 N–H and O–H groups in total. The molecule has 1 heteroatoms. The van der Waals surface area contributed by atoms with Crippen molar-refractivity contribution in [2.75, 3.05) is 0 Å². The van der Waals surface area contributed by atoms with Crippen molar-refractivity contribution in [3.05, 3.63) is 84.9 Å². The number of fused-ring (bicyclic) bond motifs is 9. The van der Waals surface area contributed by atoms with Crippen LogP contribution in [0.2, 0.25) is 0 Å². The van der Waals surface area contributed by atoms with E-state index < -0.39 is 0 Å². The third-order valence-electron chi connectivity index (χ3n) is 5.95. The normalized spacial score (nSPS) is 9.97. The van der Waals surface area contributed by atoms with Crippen molar-refractivity contribution in [3.63, 3.8) is 0 Å². The molecule has 0 saturated carbocycles. The molecule has 0 saturated heterocycles. The third kappa shape index (κ3) is 4.91. The molecule has 0 atom stereocenters. The number of rotatable bonds is 1. The Morgan fingerprint density at radius 2 is 0.771 bits per heavy atom. The molecular weight excluding hydrogens is 422 g/mol. The summed E-state index contributed by atoms with van der Waals surface area (Å²) in [4.78, 5) is 0. The van der Waals surface area contributed by atoms with Crippen LogP contribution in [0.5, 0.6) is 0 Å². The minimum atomic E-state index is 0.973. The molecule has 6 aromatic rings. The van der Waals surface area contributed by atoms with Crippen LogP contribution in [-0.2, 0) is 6.54 Å². The molecular formula is C34H43N. The van der Waals surface area contributed by atoms with Gasteiger partial charge in [0, 0.05) is 28.4 Å². The third-order valence-corrected chi connectivity index (χ3v) is 5.95. The summed E-state index contributed by atoms with van der Waals surface area (Å²) in [5.41, 5.74) is 2.64. The lowest BCUT2D eigenvalue weighted by atomic mass is 9.93. The maximum atomic E-state index is 2.44. The lowest BCUT2D eigenvalue weighted by molar-refractivity contribution is 0.827. The zero-order valence-corrected chi connectivity index (χ0v) is 23.2. The molecule has 1 aromatic heterocycles. The number of aryl methyl sites for hydroxylation is 1. The number of aromatic nitrogens is 1. The molecule has 0 bridgehead atoms. The van der Waals surface area contributed by atoms with E-state index in [1.807, 2.05) is 55.4 Å². The molecule has 0 aliphatic carbocycles. The van der Waals surface area contributed by atoms with Gasteiger partial charge in [0.25, 0.3) is 0 Å². The largest absolute Gasteiger partial charge is 0.341 e. The fraction of sp³-hybridized carbons (Fsp3) is 0.294. The first kappa shape index (κ1) is 27.9. The van der Waals surface area contributed by atoms with Crippen LogP contribution in [-0.4, -0.2) is 4.57 Å². The minimum absolute atomic E-state index is 0.973. The first-order chi connectivity index (χ1) is 17.4. The summed E-state index contributed by atoms with van der Waals surface area (Å²) in [7, 11) is 0. The summed E-state index contributed by atoms with van der Waals surface area (Å²) in [5, 5.41) is 10.7. The smallest absolute Gasteiger partial charge is 0.0497 e. The Morgan fingerprint density at radius 3 is 1.23 bits per heavy atom. The van der Waals surface area contributed by atoms with Crippen LogP contribution < -0.4 is 0 Å². The second-order valence-electron chi connectivity index (χ2n) is 7.27. The Hall–Kier alpha value is -3.32. The van der Waals surface area contributed by atoms with Crippen LogP contribution in [0, 0.1) is 0 Å². The van der Waals surface area contributed by atoms with Crippen molar-refractivity contribution in [2.45, 2.75) is 68.9 Å². The summed E-state index contributed by atoms with van der Waals surface area (Å²) < 4.78 is 2.44. The highest BCUT2D eigenvalue weighted by Crippen LogP contribution is 2.39. The highest BCUT2D eigenvalue weighted by atomic mass is 15.0. The van der Waals surface area contributed by atoms with E-state index >= 15 is 0 Å². The van der Waals surface area contributed by atoms with E-state index in [0.29, 0.717) is 0 Å². The van der Waals surface area contributed by atoms with Gasteiger partial charge in [-0.2, -0.15) is 0 Å². The molecule has 0 aliphatic rings. The lowest BCUT2D eigenvalue weighted by Gasteiger charge is -2.11. The molecule has 6 rings (SSSR count). The van der Waals surface area contributed by atoms with Crippen molar-refractivity contribution >= 4 is 54.1 Å². The van der Waals surface area contributed by atoms with Crippen LogP contribution in [0.3, 0.4) is 0 Å². The number of hydrogen-bond donors (Lipinski definition) is 0. The summed E-state index contributed by atoms with van der Waals surface area (Å²) in [5.74, 6) is 0. The molecule has 0 unspecified atom stereocenters. The number of hydrogen-bond acceptors (Lipinski definition) is 0. The van der Waals surface area contributed by atoms with Crippen LogP contribution in [0.25, 0.3) is 54.1 Å². The van der Waals surface area contributed by atoms with Gasteiger partial charge in [0.2, 0.25) is 0 Å². The molecule has 0 fully saturated rings. The Morgan fingerprint density at radius 1 is 0.400 bits per heavy atom. The second-order valence-corrected chi connectivity index (χ2v) is 7.27. The Kier molecular flexibility index (Phi) is 10.8. The van der Waals surface area contributed by atoms with Gasteiger partial charge in [0.15, 0.2) is 0 Å².